The van der Waals surface area contributed by atoms with E-state index in [1.807, 2.05) is 13.8 Å². The minimum absolute atomic E-state index is 0.0281. The minimum Gasteiger partial charge on any atom is -0.294 e. The van der Waals surface area contributed by atoms with Gasteiger partial charge in [-0.25, -0.2) is 17.5 Å². The quantitative estimate of drug-likeness (QED) is 0.820. The molecule has 1 aliphatic rings. The lowest BCUT2D eigenvalue weighted by Crippen LogP contribution is -2.28. The van der Waals surface area contributed by atoms with E-state index in [0.717, 1.165) is 25.0 Å². The zero-order valence-electron chi connectivity index (χ0n) is 11.5. The second kappa shape index (κ2) is 5.61. The third-order valence-electron chi connectivity index (χ3n) is 3.13. The molecular weight excluding hydrogens is 281 g/mol. The lowest BCUT2D eigenvalue weighted by Gasteiger charge is -2.10. The van der Waals surface area contributed by atoms with Crippen LogP contribution in [-0.2, 0) is 10.0 Å². The van der Waals surface area contributed by atoms with Crippen molar-refractivity contribution in [3.8, 4) is 0 Å². The largest absolute Gasteiger partial charge is 0.294 e. The summed E-state index contributed by atoms with van der Waals surface area (Å²) >= 11 is 0. The molecule has 0 amide bonds. The molecule has 1 aromatic carbocycles. The van der Waals surface area contributed by atoms with Crippen molar-refractivity contribution in [1.29, 1.82) is 0 Å². The minimum atomic E-state index is -3.92. The van der Waals surface area contributed by atoms with Crippen LogP contribution in [0.3, 0.4) is 0 Å². The van der Waals surface area contributed by atoms with Crippen molar-refractivity contribution in [2.75, 3.05) is 6.54 Å². The first-order valence-corrected chi connectivity index (χ1v) is 8.13. The molecule has 110 valence electrons. The molecule has 0 bridgehead atoms. The van der Waals surface area contributed by atoms with Gasteiger partial charge in [0.2, 0.25) is 10.0 Å². The Morgan fingerprint density at radius 1 is 1.40 bits per heavy atom. The Bertz CT molecular complexity index is 621. The van der Waals surface area contributed by atoms with E-state index in [4.69, 9.17) is 0 Å². The van der Waals surface area contributed by atoms with Gasteiger partial charge in [-0.3, -0.25) is 4.79 Å². The van der Waals surface area contributed by atoms with E-state index in [-0.39, 0.29) is 29.7 Å². The normalized spacial score (nSPS) is 15.6. The van der Waals surface area contributed by atoms with Gasteiger partial charge in [0.15, 0.2) is 5.78 Å². The van der Waals surface area contributed by atoms with Gasteiger partial charge in [0.1, 0.15) is 10.7 Å². The van der Waals surface area contributed by atoms with Gasteiger partial charge >= 0.3 is 0 Å². The number of halogens is 1. The van der Waals surface area contributed by atoms with Crippen molar-refractivity contribution in [1.82, 2.24) is 4.72 Å². The second-order valence-corrected chi connectivity index (χ2v) is 7.26. The maximum atomic E-state index is 13.7. The summed E-state index contributed by atoms with van der Waals surface area (Å²) in [5.41, 5.74) is 0.263. The average Bonchev–Trinajstić information content (AvgIpc) is 3.20. The molecule has 1 aliphatic carbocycles. The first kappa shape index (κ1) is 15.1. The summed E-state index contributed by atoms with van der Waals surface area (Å²) in [7, 11) is -3.92. The summed E-state index contributed by atoms with van der Waals surface area (Å²) < 4.78 is 40.2. The Labute approximate surface area is 118 Å². The number of carbonyl (C=O) groups excluding carboxylic acids is 1. The van der Waals surface area contributed by atoms with Crippen molar-refractivity contribution in [2.24, 2.45) is 11.8 Å². The van der Waals surface area contributed by atoms with Crippen LogP contribution in [0, 0.1) is 17.7 Å². The van der Waals surface area contributed by atoms with Crippen LogP contribution in [-0.4, -0.2) is 20.7 Å². The van der Waals surface area contributed by atoms with E-state index < -0.39 is 20.7 Å². The molecule has 0 unspecified atom stereocenters. The predicted octanol–water partition coefficient (Wildman–Crippen LogP) is 2.35. The van der Waals surface area contributed by atoms with Crippen LogP contribution in [0.15, 0.2) is 23.1 Å². The van der Waals surface area contributed by atoms with Gasteiger partial charge in [-0.1, -0.05) is 13.8 Å². The summed E-state index contributed by atoms with van der Waals surface area (Å²) in [6.45, 7) is 3.93. The number of hydrogen-bond donors (Lipinski definition) is 1. The maximum absolute atomic E-state index is 13.7. The molecule has 0 saturated heterocycles. The fourth-order valence-electron chi connectivity index (χ4n) is 1.80. The molecule has 1 saturated carbocycles. The highest BCUT2D eigenvalue weighted by atomic mass is 32.2. The monoisotopic (exact) mass is 299 g/mol. The summed E-state index contributed by atoms with van der Waals surface area (Å²) in [5.74, 6) is -0.859. The fourth-order valence-corrected chi connectivity index (χ4v) is 3.11. The standard InChI is InChI=1S/C14H18FNO3S/c1-9(2)8-16-20(18,19)13-7-11(5-6-12(13)15)14(17)10-3-4-10/h5-7,9-10,16H,3-4,8H2,1-2H3. The van der Waals surface area contributed by atoms with Crippen LogP contribution in [0.4, 0.5) is 4.39 Å². The van der Waals surface area contributed by atoms with Crippen LogP contribution in [0.1, 0.15) is 37.0 Å². The number of nitrogens with one attached hydrogen (secondary N) is 1. The van der Waals surface area contributed by atoms with Gasteiger partial charge in [-0.05, 0) is 37.0 Å². The maximum Gasteiger partial charge on any atom is 0.243 e. The number of ketones is 1. The zero-order valence-corrected chi connectivity index (χ0v) is 12.3. The number of rotatable bonds is 6. The highest BCUT2D eigenvalue weighted by Crippen LogP contribution is 2.33. The smallest absolute Gasteiger partial charge is 0.243 e. The lowest BCUT2D eigenvalue weighted by atomic mass is 10.1. The molecule has 1 fully saturated rings. The van der Waals surface area contributed by atoms with Crippen LogP contribution in [0.25, 0.3) is 0 Å². The van der Waals surface area contributed by atoms with E-state index in [1.165, 1.54) is 6.07 Å². The molecule has 0 heterocycles. The van der Waals surface area contributed by atoms with Crippen LogP contribution < -0.4 is 4.72 Å². The highest BCUT2D eigenvalue weighted by Gasteiger charge is 2.31. The molecule has 20 heavy (non-hydrogen) atoms. The van der Waals surface area contributed by atoms with Gasteiger partial charge in [0.25, 0.3) is 0 Å². The number of carbonyl (C=O) groups is 1. The Hall–Kier alpha value is -1.27. The third-order valence-corrected chi connectivity index (χ3v) is 4.57. The van der Waals surface area contributed by atoms with E-state index in [9.17, 15) is 17.6 Å². The van der Waals surface area contributed by atoms with Crippen molar-refractivity contribution >= 4 is 15.8 Å². The van der Waals surface area contributed by atoms with Crippen molar-refractivity contribution in [3.63, 3.8) is 0 Å². The van der Waals surface area contributed by atoms with Gasteiger partial charge < -0.3 is 0 Å². The van der Waals surface area contributed by atoms with Gasteiger partial charge in [0.05, 0.1) is 0 Å². The first-order chi connectivity index (χ1) is 9.31. The lowest BCUT2D eigenvalue weighted by molar-refractivity contribution is 0.0967. The van der Waals surface area contributed by atoms with Crippen LogP contribution in [0.5, 0.6) is 0 Å². The Kier molecular flexibility index (Phi) is 4.25. The van der Waals surface area contributed by atoms with Gasteiger partial charge in [0, 0.05) is 18.0 Å². The SMILES string of the molecule is CC(C)CNS(=O)(=O)c1cc(C(=O)C2CC2)ccc1F. The summed E-state index contributed by atoms with van der Waals surface area (Å²) in [6.07, 6.45) is 1.65. The number of benzene rings is 1. The molecule has 2 rings (SSSR count). The average molecular weight is 299 g/mol. The van der Waals surface area contributed by atoms with Gasteiger partial charge in [-0.2, -0.15) is 0 Å². The third kappa shape index (κ3) is 3.43. The zero-order chi connectivity index (χ0) is 14.9. The molecule has 0 radical (unpaired) electrons. The molecular formula is C14H18FNO3S. The van der Waals surface area contributed by atoms with Crippen molar-refractivity contribution in [2.45, 2.75) is 31.6 Å². The number of Topliss-reactive ketones (excluding diaryl/α,β-unsaturated/α-hetero) is 1. The molecule has 6 heteroatoms. The number of hydrogen-bond acceptors (Lipinski definition) is 3. The summed E-state index contributed by atoms with van der Waals surface area (Å²) in [5, 5.41) is 0. The van der Waals surface area contributed by atoms with Crippen LogP contribution >= 0.6 is 0 Å². The molecule has 0 aromatic heterocycles. The second-order valence-electron chi connectivity index (χ2n) is 5.53. The van der Waals surface area contributed by atoms with E-state index in [1.54, 1.807) is 0 Å². The molecule has 0 atom stereocenters. The summed E-state index contributed by atoms with van der Waals surface area (Å²) in [4.78, 5) is 11.5. The van der Waals surface area contributed by atoms with E-state index in [2.05, 4.69) is 4.72 Å². The predicted molar refractivity (Wildman–Crippen MR) is 73.5 cm³/mol. The summed E-state index contributed by atoms with van der Waals surface area (Å²) in [6, 6.07) is 3.52. The Morgan fingerprint density at radius 2 is 2.05 bits per heavy atom. The Morgan fingerprint density at radius 3 is 2.60 bits per heavy atom. The molecule has 0 spiro atoms. The van der Waals surface area contributed by atoms with Crippen molar-refractivity contribution in [3.05, 3.63) is 29.6 Å². The first-order valence-electron chi connectivity index (χ1n) is 6.64. The fraction of sp³-hybridized carbons (Fsp3) is 0.500. The number of sulfonamides is 1. The molecule has 4 nitrogen and oxygen atoms in total. The van der Waals surface area contributed by atoms with E-state index in [0.29, 0.717) is 0 Å². The van der Waals surface area contributed by atoms with Crippen molar-refractivity contribution < 1.29 is 17.6 Å². The van der Waals surface area contributed by atoms with Crippen LogP contribution in [0.2, 0.25) is 0 Å². The molecule has 1 aromatic rings. The Balaban J connectivity index is 2.30. The topological polar surface area (TPSA) is 63.2 Å². The van der Waals surface area contributed by atoms with E-state index >= 15 is 0 Å². The highest BCUT2D eigenvalue weighted by molar-refractivity contribution is 7.89. The molecule has 0 aliphatic heterocycles. The van der Waals surface area contributed by atoms with Gasteiger partial charge in [-0.15, -0.1) is 0 Å². The molecule has 1 N–H and O–H groups in total.